The molecule has 0 aliphatic rings. The topological polar surface area (TPSA) is 84.9 Å². The van der Waals surface area contributed by atoms with Gasteiger partial charge in [0.05, 0.1) is 11.3 Å². The summed E-state index contributed by atoms with van der Waals surface area (Å²) in [5.41, 5.74) is 8.66. The van der Waals surface area contributed by atoms with Crippen LogP contribution in [0.25, 0.3) is 0 Å². The van der Waals surface area contributed by atoms with Crippen LogP contribution in [-0.2, 0) is 6.42 Å². The van der Waals surface area contributed by atoms with E-state index in [0.717, 1.165) is 23.5 Å². The fourth-order valence-corrected chi connectivity index (χ4v) is 1.86. The summed E-state index contributed by atoms with van der Waals surface area (Å²) >= 11 is 0. The number of nitrogens with zero attached hydrogens (tertiary/aromatic N) is 2. The lowest BCUT2D eigenvalue weighted by Gasteiger charge is -2.12. The van der Waals surface area contributed by atoms with Gasteiger partial charge in [-0.25, -0.2) is 4.98 Å². The number of rotatable bonds is 4. The van der Waals surface area contributed by atoms with Gasteiger partial charge in [-0.2, -0.15) is 0 Å². The van der Waals surface area contributed by atoms with E-state index in [1.54, 1.807) is 12.1 Å². The Morgan fingerprint density at radius 1 is 1.15 bits per heavy atom. The predicted molar refractivity (Wildman–Crippen MR) is 78.4 cm³/mol. The van der Waals surface area contributed by atoms with E-state index in [1.165, 1.54) is 0 Å². The van der Waals surface area contributed by atoms with Crippen LogP contribution in [-0.4, -0.2) is 15.8 Å². The fourth-order valence-electron chi connectivity index (χ4n) is 1.86. The Hall–Kier alpha value is -2.43. The number of pyridine rings is 2. The molecule has 0 amide bonds. The standard InChI is InChI=1S/C15H18N4O/c1-4-12-13(8-6-9(2)18-12)20-15-11(14(16)17)7-5-10(3)19-15/h5-8H,4H2,1-3H3,(H3,16,17). The zero-order chi connectivity index (χ0) is 14.7. The second-order valence-corrected chi connectivity index (χ2v) is 4.57. The Morgan fingerprint density at radius 3 is 2.45 bits per heavy atom. The summed E-state index contributed by atoms with van der Waals surface area (Å²) in [7, 11) is 0. The molecule has 5 nitrogen and oxygen atoms in total. The van der Waals surface area contributed by atoms with Crippen molar-refractivity contribution in [2.24, 2.45) is 5.73 Å². The highest BCUT2D eigenvalue weighted by atomic mass is 16.5. The molecule has 2 rings (SSSR count). The molecule has 0 atom stereocenters. The van der Waals surface area contributed by atoms with Crippen molar-refractivity contribution in [1.29, 1.82) is 5.41 Å². The molecule has 104 valence electrons. The van der Waals surface area contributed by atoms with E-state index < -0.39 is 0 Å². The van der Waals surface area contributed by atoms with Crippen LogP contribution < -0.4 is 10.5 Å². The first-order chi connectivity index (χ1) is 9.51. The summed E-state index contributed by atoms with van der Waals surface area (Å²) in [6.07, 6.45) is 0.762. The molecule has 0 aliphatic carbocycles. The van der Waals surface area contributed by atoms with Crippen LogP contribution in [0.4, 0.5) is 0 Å². The van der Waals surface area contributed by atoms with Gasteiger partial charge in [-0.05, 0) is 44.5 Å². The smallest absolute Gasteiger partial charge is 0.230 e. The Balaban J connectivity index is 2.44. The van der Waals surface area contributed by atoms with Gasteiger partial charge in [0, 0.05) is 11.4 Å². The number of aryl methyl sites for hydroxylation is 3. The first-order valence-corrected chi connectivity index (χ1v) is 6.47. The third-order valence-electron chi connectivity index (χ3n) is 2.90. The van der Waals surface area contributed by atoms with E-state index in [0.29, 0.717) is 17.2 Å². The maximum Gasteiger partial charge on any atom is 0.230 e. The van der Waals surface area contributed by atoms with Gasteiger partial charge in [0.25, 0.3) is 0 Å². The van der Waals surface area contributed by atoms with E-state index in [9.17, 15) is 0 Å². The summed E-state index contributed by atoms with van der Waals surface area (Å²) in [6.45, 7) is 5.82. The molecule has 20 heavy (non-hydrogen) atoms. The molecule has 2 aromatic rings. The van der Waals surface area contributed by atoms with Crippen molar-refractivity contribution in [3.8, 4) is 11.6 Å². The lowest BCUT2D eigenvalue weighted by atomic mass is 10.2. The second kappa shape index (κ2) is 5.69. The molecule has 0 saturated carbocycles. The normalized spacial score (nSPS) is 10.3. The number of aromatic nitrogens is 2. The van der Waals surface area contributed by atoms with Gasteiger partial charge in [-0.3, -0.25) is 10.4 Å². The van der Waals surface area contributed by atoms with Crippen molar-refractivity contribution in [1.82, 2.24) is 9.97 Å². The molecule has 0 saturated heterocycles. The minimum Gasteiger partial charge on any atom is -0.436 e. The number of nitrogens with two attached hydrogens (primary N) is 1. The van der Waals surface area contributed by atoms with Gasteiger partial charge in [0.2, 0.25) is 5.88 Å². The zero-order valence-electron chi connectivity index (χ0n) is 11.9. The van der Waals surface area contributed by atoms with E-state index in [1.807, 2.05) is 32.9 Å². The SMILES string of the molecule is CCc1nc(C)ccc1Oc1nc(C)ccc1C(=N)N. The van der Waals surface area contributed by atoms with Gasteiger partial charge < -0.3 is 10.5 Å². The second-order valence-electron chi connectivity index (χ2n) is 4.57. The molecule has 3 N–H and O–H groups in total. The quantitative estimate of drug-likeness (QED) is 0.660. The predicted octanol–water partition coefficient (Wildman–Crippen LogP) is 2.73. The highest BCUT2D eigenvalue weighted by Crippen LogP contribution is 2.26. The van der Waals surface area contributed by atoms with Crippen molar-refractivity contribution >= 4 is 5.84 Å². The molecule has 5 heteroatoms. The minimum atomic E-state index is -0.0642. The largest absolute Gasteiger partial charge is 0.436 e. The number of hydrogen-bond acceptors (Lipinski definition) is 4. The van der Waals surface area contributed by atoms with Gasteiger partial charge >= 0.3 is 0 Å². The van der Waals surface area contributed by atoms with Gasteiger partial charge in [0.1, 0.15) is 5.84 Å². The maximum absolute atomic E-state index is 7.59. The van der Waals surface area contributed by atoms with E-state index in [-0.39, 0.29) is 5.84 Å². The molecule has 0 fully saturated rings. The van der Waals surface area contributed by atoms with Crippen LogP contribution in [0.15, 0.2) is 24.3 Å². The molecule has 0 aromatic carbocycles. The molecule has 0 aliphatic heterocycles. The third-order valence-corrected chi connectivity index (χ3v) is 2.90. The van der Waals surface area contributed by atoms with E-state index in [2.05, 4.69) is 9.97 Å². The Morgan fingerprint density at radius 2 is 1.80 bits per heavy atom. The van der Waals surface area contributed by atoms with Crippen molar-refractivity contribution in [3.05, 3.63) is 46.9 Å². The van der Waals surface area contributed by atoms with Crippen LogP contribution in [0.2, 0.25) is 0 Å². The van der Waals surface area contributed by atoms with Crippen LogP contribution in [0.3, 0.4) is 0 Å². The highest BCUT2D eigenvalue weighted by Gasteiger charge is 2.12. The minimum absolute atomic E-state index is 0.0642. The third kappa shape index (κ3) is 2.93. The number of amidine groups is 1. The van der Waals surface area contributed by atoms with E-state index >= 15 is 0 Å². The highest BCUT2D eigenvalue weighted by molar-refractivity contribution is 5.97. The molecular formula is C15H18N4O. The molecule has 0 unspecified atom stereocenters. The molecule has 0 radical (unpaired) electrons. The van der Waals surface area contributed by atoms with Crippen molar-refractivity contribution in [3.63, 3.8) is 0 Å². The number of ether oxygens (including phenoxy) is 1. The first kappa shape index (κ1) is 14.0. The monoisotopic (exact) mass is 270 g/mol. The first-order valence-electron chi connectivity index (χ1n) is 6.47. The molecule has 2 heterocycles. The molecule has 0 spiro atoms. The maximum atomic E-state index is 7.59. The lowest BCUT2D eigenvalue weighted by Crippen LogP contribution is -2.13. The fraction of sp³-hybridized carbons (Fsp3) is 0.267. The van der Waals surface area contributed by atoms with Crippen LogP contribution in [0, 0.1) is 19.3 Å². The average molecular weight is 270 g/mol. The van der Waals surface area contributed by atoms with Crippen LogP contribution >= 0.6 is 0 Å². The average Bonchev–Trinajstić information content (AvgIpc) is 2.40. The molecule has 2 aromatic heterocycles. The summed E-state index contributed by atoms with van der Waals surface area (Å²) in [5.74, 6) is 0.933. The molecule has 0 bridgehead atoms. The molecular weight excluding hydrogens is 252 g/mol. The van der Waals surface area contributed by atoms with Gasteiger partial charge in [-0.1, -0.05) is 6.92 Å². The summed E-state index contributed by atoms with van der Waals surface area (Å²) in [5, 5.41) is 7.59. The van der Waals surface area contributed by atoms with Gasteiger partial charge in [-0.15, -0.1) is 0 Å². The zero-order valence-corrected chi connectivity index (χ0v) is 11.9. The number of nitrogens with one attached hydrogen (secondary N) is 1. The van der Waals surface area contributed by atoms with Crippen molar-refractivity contribution in [2.45, 2.75) is 27.2 Å². The summed E-state index contributed by atoms with van der Waals surface area (Å²) in [6, 6.07) is 7.30. The Kier molecular flexibility index (Phi) is 3.98. The Bertz CT molecular complexity index is 652. The van der Waals surface area contributed by atoms with Crippen LogP contribution in [0.5, 0.6) is 11.6 Å². The van der Waals surface area contributed by atoms with Crippen LogP contribution in [0.1, 0.15) is 29.6 Å². The van der Waals surface area contributed by atoms with Gasteiger partial charge in [0.15, 0.2) is 5.75 Å². The van der Waals surface area contributed by atoms with E-state index in [4.69, 9.17) is 15.9 Å². The number of hydrogen-bond donors (Lipinski definition) is 2. The lowest BCUT2D eigenvalue weighted by molar-refractivity contribution is 0.451. The Labute approximate surface area is 118 Å². The number of nitrogen functional groups attached to an aromatic ring is 1. The summed E-state index contributed by atoms with van der Waals surface area (Å²) < 4.78 is 5.83. The van der Waals surface area contributed by atoms with Crippen molar-refractivity contribution < 1.29 is 4.74 Å². The van der Waals surface area contributed by atoms with Crippen molar-refractivity contribution in [2.75, 3.05) is 0 Å². The summed E-state index contributed by atoms with van der Waals surface area (Å²) in [4.78, 5) is 8.76.